The van der Waals surface area contributed by atoms with Crippen molar-refractivity contribution in [1.82, 2.24) is 14.5 Å². The number of carbonyl (C=O) groups excluding carboxylic acids is 2. The van der Waals surface area contributed by atoms with E-state index < -0.39 is 11.5 Å². The zero-order valence-electron chi connectivity index (χ0n) is 17.1. The maximum absolute atomic E-state index is 13.8. The lowest BCUT2D eigenvalue weighted by Gasteiger charge is -2.33. The monoisotopic (exact) mass is 400 g/mol. The van der Waals surface area contributed by atoms with E-state index in [4.69, 9.17) is 0 Å². The van der Waals surface area contributed by atoms with E-state index >= 15 is 0 Å². The Morgan fingerprint density at radius 1 is 1.20 bits per heavy atom. The Morgan fingerprint density at radius 3 is 2.73 bits per heavy atom. The fourth-order valence-corrected chi connectivity index (χ4v) is 5.10. The van der Waals surface area contributed by atoms with E-state index in [1.165, 1.54) is 0 Å². The summed E-state index contributed by atoms with van der Waals surface area (Å²) in [4.78, 5) is 33.6. The van der Waals surface area contributed by atoms with E-state index in [2.05, 4.69) is 17.2 Å². The van der Waals surface area contributed by atoms with E-state index in [0.29, 0.717) is 18.5 Å². The number of aryl methyl sites for hydroxylation is 2. The molecule has 6 nitrogen and oxygen atoms in total. The molecule has 3 heterocycles. The molecule has 0 radical (unpaired) electrons. The second-order valence-electron chi connectivity index (χ2n) is 8.03. The first-order valence-corrected chi connectivity index (χ1v) is 10.3. The molecule has 2 aromatic carbocycles. The van der Waals surface area contributed by atoms with Crippen LogP contribution in [0.2, 0.25) is 0 Å². The van der Waals surface area contributed by atoms with Crippen molar-refractivity contribution in [1.29, 1.82) is 0 Å². The van der Waals surface area contributed by atoms with Crippen molar-refractivity contribution in [2.75, 3.05) is 11.9 Å². The normalized spacial score (nSPS) is 22.4. The van der Waals surface area contributed by atoms with Gasteiger partial charge in [0.15, 0.2) is 0 Å². The van der Waals surface area contributed by atoms with Gasteiger partial charge in [-0.3, -0.25) is 9.59 Å². The van der Waals surface area contributed by atoms with Gasteiger partial charge >= 0.3 is 0 Å². The maximum atomic E-state index is 13.8. The van der Waals surface area contributed by atoms with Crippen molar-refractivity contribution in [2.24, 2.45) is 7.05 Å². The lowest BCUT2D eigenvalue weighted by atomic mass is 9.74. The molecule has 0 saturated carbocycles. The first-order chi connectivity index (χ1) is 14.6. The molecule has 30 heavy (non-hydrogen) atoms. The number of hydrogen-bond acceptors (Lipinski definition) is 3. The van der Waals surface area contributed by atoms with E-state index in [9.17, 15) is 9.59 Å². The third-order valence-electron chi connectivity index (χ3n) is 6.58. The third kappa shape index (κ3) is 2.46. The van der Waals surface area contributed by atoms with Crippen LogP contribution in [0.4, 0.5) is 5.69 Å². The molecule has 5 rings (SSSR count). The highest BCUT2D eigenvalue weighted by molar-refractivity contribution is 6.08. The summed E-state index contributed by atoms with van der Waals surface area (Å²) in [5, 5.41) is 3.05. The number of nitrogens with one attached hydrogen (secondary N) is 1. The van der Waals surface area contributed by atoms with Crippen LogP contribution in [0.25, 0.3) is 0 Å². The van der Waals surface area contributed by atoms with Gasteiger partial charge in [0.25, 0.3) is 5.91 Å². The van der Waals surface area contributed by atoms with E-state index in [-0.39, 0.29) is 11.8 Å². The van der Waals surface area contributed by atoms with Crippen LogP contribution in [0.3, 0.4) is 0 Å². The number of rotatable bonds is 3. The zero-order valence-corrected chi connectivity index (χ0v) is 17.1. The quantitative estimate of drug-likeness (QED) is 0.732. The van der Waals surface area contributed by atoms with E-state index in [1.807, 2.05) is 71.2 Å². The van der Waals surface area contributed by atoms with Crippen LogP contribution in [-0.2, 0) is 23.7 Å². The SMILES string of the molecule is CCc1ccccc1C(=O)N1CC[C@]2(C(=O)Nc3ccccc32)[C@@H]1c1nccn1C. The summed E-state index contributed by atoms with van der Waals surface area (Å²) in [6.07, 6.45) is 4.93. The summed E-state index contributed by atoms with van der Waals surface area (Å²) in [5.74, 6) is 0.618. The molecule has 2 amide bonds. The molecule has 3 aromatic rings. The van der Waals surface area contributed by atoms with Gasteiger partial charge in [0.1, 0.15) is 17.3 Å². The summed E-state index contributed by atoms with van der Waals surface area (Å²) in [6.45, 7) is 2.55. The summed E-state index contributed by atoms with van der Waals surface area (Å²) >= 11 is 0. The summed E-state index contributed by atoms with van der Waals surface area (Å²) < 4.78 is 1.91. The number of amides is 2. The molecule has 0 unspecified atom stereocenters. The number of benzene rings is 2. The van der Waals surface area contributed by atoms with Crippen molar-refractivity contribution in [3.63, 3.8) is 0 Å². The van der Waals surface area contributed by atoms with Crippen LogP contribution >= 0.6 is 0 Å². The molecule has 2 atom stereocenters. The molecule has 1 aromatic heterocycles. The van der Waals surface area contributed by atoms with Gasteiger partial charge in [-0.2, -0.15) is 0 Å². The number of likely N-dealkylation sites (tertiary alicyclic amines) is 1. The first-order valence-electron chi connectivity index (χ1n) is 10.3. The minimum absolute atomic E-state index is 0.0468. The number of fused-ring (bicyclic) bond motifs is 2. The fraction of sp³-hybridized carbons (Fsp3) is 0.292. The van der Waals surface area contributed by atoms with Crippen LogP contribution in [0.15, 0.2) is 60.9 Å². The Balaban J connectivity index is 1.68. The highest BCUT2D eigenvalue weighted by Crippen LogP contribution is 2.54. The van der Waals surface area contributed by atoms with Gasteiger partial charge in [-0.25, -0.2) is 4.98 Å². The summed E-state index contributed by atoms with van der Waals surface area (Å²) in [6, 6.07) is 15.0. The minimum Gasteiger partial charge on any atom is -0.336 e. The average molecular weight is 400 g/mol. The first kappa shape index (κ1) is 18.6. The number of para-hydroxylation sites is 1. The number of carbonyl (C=O) groups is 2. The second kappa shape index (κ2) is 6.83. The molecule has 6 heteroatoms. The zero-order chi connectivity index (χ0) is 20.9. The number of hydrogen-bond donors (Lipinski definition) is 1. The molecule has 2 aliphatic rings. The van der Waals surface area contributed by atoms with Crippen LogP contribution in [-0.4, -0.2) is 32.8 Å². The van der Waals surface area contributed by atoms with Gasteiger partial charge < -0.3 is 14.8 Å². The van der Waals surface area contributed by atoms with Gasteiger partial charge in [0.2, 0.25) is 5.91 Å². The molecule has 1 N–H and O–H groups in total. The van der Waals surface area contributed by atoms with Crippen LogP contribution in [0, 0.1) is 0 Å². The Labute approximate surface area is 175 Å². The maximum Gasteiger partial charge on any atom is 0.254 e. The largest absolute Gasteiger partial charge is 0.336 e. The Kier molecular flexibility index (Phi) is 4.24. The number of aromatic nitrogens is 2. The standard InChI is InChI=1S/C24H24N4O2/c1-3-16-8-4-5-9-17(16)22(29)28-14-12-24(20(28)21-25-13-15-27(21)2)18-10-6-7-11-19(18)26-23(24)30/h4-11,13,15,20H,3,12,14H2,1-2H3,(H,26,30)/t20-,24+/m0/s1. The smallest absolute Gasteiger partial charge is 0.254 e. The van der Waals surface area contributed by atoms with E-state index in [0.717, 1.165) is 29.1 Å². The molecule has 0 bridgehead atoms. The topological polar surface area (TPSA) is 67.2 Å². The van der Waals surface area contributed by atoms with Crippen molar-refractivity contribution in [2.45, 2.75) is 31.2 Å². The Bertz CT molecular complexity index is 1150. The third-order valence-corrected chi connectivity index (χ3v) is 6.58. The predicted octanol–water partition coefficient (Wildman–Crippen LogP) is 3.46. The van der Waals surface area contributed by atoms with Crippen LogP contribution in [0.5, 0.6) is 0 Å². The summed E-state index contributed by atoms with van der Waals surface area (Å²) in [7, 11) is 1.91. The minimum atomic E-state index is -0.841. The Hall–Kier alpha value is -3.41. The highest BCUT2D eigenvalue weighted by atomic mass is 16.2. The van der Waals surface area contributed by atoms with Crippen LogP contribution < -0.4 is 5.32 Å². The van der Waals surface area contributed by atoms with Crippen molar-refractivity contribution in [3.05, 3.63) is 83.4 Å². The van der Waals surface area contributed by atoms with Gasteiger partial charge in [-0.1, -0.05) is 43.3 Å². The molecular formula is C24H24N4O2. The van der Waals surface area contributed by atoms with Crippen LogP contribution in [0.1, 0.15) is 46.7 Å². The van der Waals surface area contributed by atoms with Gasteiger partial charge in [-0.15, -0.1) is 0 Å². The van der Waals surface area contributed by atoms with Crippen molar-refractivity contribution < 1.29 is 9.59 Å². The second-order valence-corrected chi connectivity index (χ2v) is 8.03. The molecule has 1 fully saturated rings. The van der Waals surface area contributed by atoms with Crippen molar-refractivity contribution in [3.8, 4) is 0 Å². The summed E-state index contributed by atoms with van der Waals surface area (Å²) in [5.41, 5.74) is 2.64. The highest BCUT2D eigenvalue weighted by Gasteiger charge is 2.60. The Morgan fingerprint density at radius 2 is 1.97 bits per heavy atom. The molecule has 2 aliphatic heterocycles. The van der Waals surface area contributed by atoms with Gasteiger partial charge in [0, 0.05) is 37.2 Å². The molecule has 152 valence electrons. The lowest BCUT2D eigenvalue weighted by molar-refractivity contribution is -0.121. The fourth-order valence-electron chi connectivity index (χ4n) is 5.10. The average Bonchev–Trinajstić information content (AvgIpc) is 3.44. The molecule has 0 aliphatic carbocycles. The van der Waals surface area contributed by atoms with E-state index in [1.54, 1.807) is 6.20 Å². The molecule has 1 spiro atoms. The number of anilines is 1. The molecule has 1 saturated heterocycles. The number of imidazole rings is 1. The number of nitrogens with zero attached hydrogens (tertiary/aromatic N) is 3. The van der Waals surface area contributed by atoms with Gasteiger partial charge in [0.05, 0.1) is 0 Å². The van der Waals surface area contributed by atoms with Gasteiger partial charge in [-0.05, 0) is 36.1 Å². The predicted molar refractivity (Wildman–Crippen MR) is 114 cm³/mol. The van der Waals surface area contributed by atoms with Crippen molar-refractivity contribution >= 4 is 17.5 Å². The molecular weight excluding hydrogens is 376 g/mol. The lowest BCUT2D eigenvalue weighted by Crippen LogP contribution is -2.44.